The second-order valence-electron chi connectivity index (χ2n) is 4.31. The molecule has 20 heavy (non-hydrogen) atoms. The zero-order valence-electron chi connectivity index (χ0n) is 11.5. The van der Waals surface area contributed by atoms with E-state index in [1.54, 1.807) is 4.57 Å². The topological polar surface area (TPSA) is 34.1 Å². The highest BCUT2D eigenvalue weighted by molar-refractivity contribution is 5.80. The van der Waals surface area contributed by atoms with Gasteiger partial charge in [0, 0.05) is 30.3 Å². The number of aromatic nitrogens is 2. The third kappa shape index (κ3) is 3.51. The van der Waals surface area contributed by atoms with Gasteiger partial charge in [-0.05, 0) is 18.1 Å². The minimum Gasteiger partial charge on any atom is -0.402 e. The van der Waals surface area contributed by atoms with Gasteiger partial charge < -0.3 is 4.74 Å². The second kappa shape index (κ2) is 6.61. The third-order valence-corrected chi connectivity index (χ3v) is 3.00. The van der Waals surface area contributed by atoms with Gasteiger partial charge in [0.15, 0.2) is 24.8 Å². The number of carbonyl (C=O) groups excluding carboxylic acids is 1. The molecular weight excluding hydrogens is 252 g/mol. The third-order valence-electron chi connectivity index (χ3n) is 3.00. The monoisotopic (exact) mass is 270 g/mol. The Kier molecular flexibility index (Phi) is 4.60. The minimum atomic E-state index is -0.422. The van der Waals surface area contributed by atoms with Crippen LogP contribution < -0.4 is 9.13 Å². The molecule has 0 aliphatic rings. The normalized spacial score (nSPS) is 10.1. The molecule has 2 heterocycles. The van der Waals surface area contributed by atoms with E-state index in [1.807, 2.05) is 24.5 Å². The van der Waals surface area contributed by atoms with Gasteiger partial charge in [0.05, 0.1) is 0 Å². The van der Waals surface area contributed by atoms with E-state index in [9.17, 15) is 4.79 Å². The first kappa shape index (κ1) is 13.9. The molecule has 0 spiro atoms. The molecule has 0 aromatic carbocycles. The van der Waals surface area contributed by atoms with Crippen LogP contribution in [0.4, 0.5) is 0 Å². The summed E-state index contributed by atoms with van der Waals surface area (Å²) in [6.45, 7) is 6.61. The first-order chi connectivity index (χ1) is 9.72. The Morgan fingerprint density at radius 2 is 1.60 bits per heavy atom. The van der Waals surface area contributed by atoms with E-state index < -0.39 is 5.97 Å². The molecule has 0 amide bonds. The number of ether oxygens (including phenoxy) is 1. The van der Waals surface area contributed by atoms with E-state index in [2.05, 4.69) is 42.6 Å². The lowest BCUT2D eigenvalue weighted by molar-refractivity contribution is -0.727. The summed E-state index contributed by atoms with van der Waals surface area (Å²) in [5.41, 5.74) is 2.28. The van der Waals surface area contributed by atoms with Crippen molar-refractivity contribution in [1.29, 1.82) is 0 Å². The fourth-order valence-corrected chi connectivity index (χ4v) is 1.79. The molecule has 102 valence electrons. The quantitative estimate of drug-likeness (QED) is 0.470. The van der Waals surface area contributed by atoms with Crippen LogP contribution in [0.1, 0.15) is 6.92 Å². The van der Waals surface area contributed by atoms with Crippen molar-refractivity contribution in [3.63, 3.8) is 0 Å². The summed E-state index contributed by atoms with van der Waals surface area (Å²) in [7, 11) is 0. The first-order valence-electron chi connectivity index (χ1n) is 6.50. The molecule has 4 nitrogen and oxygen atoms in total. The molecule has 0 saturated carbocycles. The van der Waals surface area contributed by atoms with Crippen LogP contribution in [0.15, 0.2) is 61.7 Å². The van der Waals surface area contributed by atoms with Gasteiger partial charge >= 0.3 is 5.97 Å². The number of hydrogen-bond donors (Lipinski definition) is 0. The number of aryl methyl sites for hydroxylation is 1. The molecule has 0 radical (unpaired) electrons. The Morgan fingerprint density at radius 1 is 1.10 bits per heavy atom. The number of esters is 1. The van der Waals surface area contributed by atoms with Crippen molar-refractivity contribution in [2.75, 3.05) is 0 Å². The van der Waals surface area contributed by atoms with Crippen molar-refractivity contribution in [2.45, 2.75) is 20.2 Å². The zero-order chi connectivity index (χ0) is 14.4. The van der Waals surface area contributed by atoms with Gasteiger partial charge in [-0.1, -0.05) is 6.58 Å². The van der Waals surface area contributed by atoms with Crippen LogP contribution in [0.5, 0.6) is 0 Å². The van der Waals surface area contributed by atoms with Gasteiger partial charge in [-0.25, -0.2) is 9.36 Å². The summed E-state index contributed by atoms with van der Waals surface area (Å²) in [5.74, 6) is -0.422. The lowest BCUT2D eigenvalue weighted by atomic mass is 10.1. The standard InChI is InChI=1S/C16H18N2O2/c1-3-16(19)20-13-18-11-7-15(8-12-18)14-5-9-17(4-2)10-6-14/h3,5-12H,1,4,13H2,2H3/q+2. The van der Waals surface area contributed by atoms with Crippen molar-refractivity contribution in [3.8, 4) is 11.1 Å². The lowest BCUT2D eigenvalue weighted by Crippen LogP contribution is -2.34. The molecule has 0 fully saturated rings. The average Bonchev–Trinajstić information content (AvgIpc) is 2.53. The van der Waals surface area contributed by atoms with Gasteiger partial charge in [0.2, 0.25) is 0 Å². The SMILES string of the molecule is C=CC(=O)OC[n+]1ccc(-c2cc[n+](CC)cc2)cc1. The van der Waals surface area contributed by atoms with E-state index in [4.69, 9.17) is 4.74 Å². The summed E-state index contributed by atoms with van der Waals surface area (Å²) in [5, 5.41) is 0. The summed E-state index contributed by atoms with van der Waals surface area (Å²) in [6.07, 6.45) is 9.03. The molecule has 4 heteroatoms. The van der Waals surface area contributed by atoms with Gasteiger partial charge in [0.1, 0.15) is 6.54 Å². The maximum Gasteiger partial charge on any atom is 0.334 e. The fourth-order valence-electron chi connectivity index (χ4n) is 1.79. The van der Waals surface area contributed by atoms with E-state index in [0.29, 0.717) is 0 Å². The number of carbonyl (C=O) groups is 1. The van der Waals surface area contributed by atoms with Crippen molar-refractivity contribution in [2.24, 2.45) is 0 Å². The Morgan fingerprint density at radius 3 is 2.05 bits per heavy atom. The fraction of sp³-hybridized carbons (Fsp3) is 0.188. The van der Waals surface area contributed by atoms with Crippen LogP contribution in [0.3, 0.4) is 0 Å². The molecule has 2 aromatic rings. The van der Waals surface area contributed by atoms with Crippen molar-refractivity contribution in [1.82, 2.24) is 0 Å². The number of hydrogen-bond acceptors (Lipinski definition) is 2. The number of rotatable bonds is 5. The molecule has 0 N–H and O–H groups in total. The highest BCUT2D eigenvalue weighted by Crippen LogP contribution is 2.15. The lowest BCUT2D eigenvalue weighted by Gasteiger charge is -2.01. The van der Waals surface area contributed by atoms with Gasteiger partial charge in [-0.2, -0.15) is 4.57 Å². The van der Waals surface area contributed by atoms with Gasteiger partial charge in [-0.3, -0.25) is 0 Å². The highest BCUT2D eigenvalue weighted by atomic mass is 16.5. The van der Waals surface area contributed by atoms with Gasteiger partial charge in [0.25, 0.3) is 6.73 Å². The average molecular weight is 270 g/mol. The van der Waals surface area contributed by atoms with Crippen LogP contribution in [0.25, 0.3) is 11.1 Å². The van der Waals surface area contributed by atoms with Crippen LogP contribution in [0, 0.1) is 0 Å². The van der Waals surface area contributed by atoms with Crippen LogP contribution in [0.2, 0.25) is 0 Å². The summed E-state index contributed by atoms with van der Waals surface area (Å²) < 4.78 is 8.86. The van der Waals surface area contributed by atoms with E-state index in [-0.39, 0.29) is 6.73 Å². The second-order valence-corrected chi connectivity index (χ2v) is 4.31. The Labute approximate surface area is 118 Å². The van der Waals surface area contributed by atoms with E-state index in [1.165, 1.54) is 0 Å². The largest absolute Gasteiger partial charge is 0.402 e. The maximum absolute atomic E-state index is 11.0. The molecule has 0 aliphatic carbocycles. The van der Waals surface area contributed by atoms with Crippen LogP contribution in [-0.2, 0) is 22.8 Å². The molecule has 0 bridgehead atoms. The summed E-state index contributed by atoms with van der Waals surface area (Å²) in [6, 6.07) is 8.16. The predicted octanol–water partition coefficient (Wildman–Crippen LogP) is 1.64. The molecule has 0 saturated heterocycles. The Bertz CT molecular complexity index is 589. The van der Waals surface area contributed by atoms with Crippen molar-refractivity contribution < 1.29 is 18.7 Å². The summed E-state index contributed by atoms with van der Waals surface area (Å²) >= 11 is 0. The Balaban J connectivity index is 2.06. The van der Waals surface area contributed by atoms with E-state index in [0.717, 1.165) is 23.7 Å². The van der Waals surface area contributed by atoms with Crippen molar-refractivity contribution in [3.05, 3.63) is 61.7 Å². The van der Waals surface area contributed by atoms with Crippen LogP contribution >= 0.6 is 0 Å². The van der Waals surface area contributed by atoms with Crippen molar-refractivity contribution >= 4 is 5.97 Å². The predicted molar refractivity (Wildman–Crippen MR) is 74.2 cm³/mol. The highest BCUT2D eigenvalue weighted by Gasteiger charge is 2.06. The van der Waals surface area contributed by atoms with Gasteiger partial charge in [-0.15, -0.1) is 0 Å². The smallest absolute Gasteiger partial charge is 0.334 e. The molecule has 2 rings (SSSR count). The molecule has 0 atom stereocenters. The van der Waals surface area contributed by atoms with E-state index >= 15 is 0 Å². The molecule has 2 aromatic heterocycles. The molecular formula is C16H18N2O2+2. The maximum atomic E-state index is 11.0. The number of pyridine rings is 2. The Hall–Kier alpha value is -2.49. The number of nitrogens with zero attached hydrogens (tertiary/aromatic N) is 2. The minimum absolute atomic E-state index is 0.190. The molecule has 0 aliphatic heterocycles. The first-order valence-corrected chi connectivity index (χ1v) is 6.50. The summed E-state index contributed by atoms with van der Waals surface area (Å²) in [4.78, 5) is 11.0. The molecule has 0 unspecified atom stereocenters. The van der Waals surface area contributed by atoms with Crippen LogP contribution in [-0.4, -0.2) is 5.97 Å². The zero-order valence-corrected chi connectivity index (χ0v) is 11.5.